The molecule has 0 bridgehead atoms. The van der Waals surface area contributed by atoms with Gasteiger partial charge in [0.1, 0.15) is 0 Å². The Morgan fingerprint density at radius 2 is 2.29 bits per heavy atom. The molecule has 3 N–H and O–H groups in total. The number of rotatable bonds is 4. The molecule has 4 nitrogen and oxygen atoms in total. The van der Waals surface area contributed by atoms with E-state index in [2.05, 4.69) is 29.2 Å². The van der Waals surface area contributed by atoms with Crippen LogP contribution in [0.25, 0.3) is 0 Å². The van der Waals surface area contributed by atoms with E-state index < -0.39 is 0 Å². The van der Waals surface area contributed by atoms with Crippen LogP contribution in [0.2, 0.25) is 0 Å². The predicted molar refractivity (Wildman–Crippen MR) is 59.9 cm³/mol. The largest absolute Gasteiger partial charge is 0.345 e. The summed E-state index contributed by atoms with van der Waals surface area (Å²) in [6.45, 7) is 5.44. The van der Waals surface area contributed by atoms with E-state index in [9.17, 15) is 0 Å². The Morgan fingerprint density at radius 3 is 2.71 bits per heavy atom. The molecule has 0 aromatic heterocycles. The summed E-state index contributed by atoms with van der Waals surface area (Å²) in [5.74, 6) is 6.95. The van der Waals surface area contributed by atoms with Crippen LogP contribution >= 0.6 is 0 Å². The number of hydrazine groups is 1. The van der Waals surface area contributed by atoms with Crippen molar-refractivity contribution in [3.05, 3.63) is 0 Å². The third kappa shape index (κ3) is 3.54. The lowest BCUT2D eigenvalue weighted by Crippen LogP contribution is -2.44. The molecule has 82 valence electrons. The molecule has 14 heavy (non-hydrogen) atoms. The molecule has 1 aliphatic carbocycles. The van der Waals surface area contributed by atoms with Gasteiger partial charge in [-0.2, -0.15) is 0 Å². The number of hydrogen-bond acceptors (Lipinski definition) is 2. The molecule has 0 saturated heterocycles. The first kappa shape index (κ1) is 11.3. The van der Waals surface area contributed by atoms with Gasteiger partial charge in [-0.05, 0) is 18.8 Å². The van der Waals surface area contributed by atoms with Crippen molar-refractivity contribution < 1.29 is 0 Å². The van der Waals surface area contributed by atoms with Crippen LogP contribution in [0.15, 0.2) is 4.99 Å². The summed E-state index contributed by atoms with van der Waals surface area (Å²) in [6, 6.07) is 0.514. The van der Waals surface area contributed by atoms with Gasteiger partial charge in [0.25, 0.3) is 0 Å². The smallest absolute Gasteiger partial charge is 0.208 e. The van der Waals surface area contributed by atoms with Crippen LogP contribution in [-0.4, -0.2) is 30.5 Å². The number of nitrogens with zero attached hydrogens (tertiary/aromatic N) is 2. The zero-order valence-electron chi connectivity index (χ0n) is 9.45. The fourth-order valence-corrected chi connectivity index (χ4v) is 1.31. The van der Waals surface area contributed by atoms with Crippen molar-refractivity contribution in [1.82, 2.24) is 10.3 Å². The lowest BCUT2D eigenvalue weighted by atomic mass is 10.1. The molecule has 0 spiro atoms. The summed E-state index contributed by atoms with van der Waals surface area (Å²) in [6.07, 6.45) is 3.61. The van der Waals surface area contributed by atoms with Crippen LogP contribution in [0, 0.1) is 5.92 Å². The Labute approximate surface area is 86.5 Å². The SMILES string of the molecule is CCC(C)CN(C)C(=NC1CC1)NN. The first-order valence-electron chi connectivity index (χ1n) is 5.42. The minimum atomic E-state index is 0.514. The van der Waals surface area contributed by atoms with Crippen LogP contribution in [0.4, 0.5) is 0 Å². The molecule has 0 heterocycles. The maximum atomic E-state index is 5.44. The molecular weight excluding hydrogens is 176 g/mol. The van der Waals surface area contributed by atoms with Crippen molar-refractivity contribution in [2.75, 3.05) is 13.6 Å². The van der Waals surface area contributed by atoms with Gasteiger partial charge in [0, 0.05) is 13.6 Å². The van der Waals surface area contributed by atoms with Gasteiger partial charge >= 0.3 is 0 Å². The number of hydrogen-bond donors (Lipinski definition) is 2. The third-order valence-corrected chi connectivity index (χ3v) is 2.62. The van der Waals surface area contributed by atoms with Crippen molar-refractivity contribution in [2.45, 2.75) is 39.2 Å². The van der Waals surface area contributed by atoms with Crippen molar-refractivity contribution in [1.29, 1.82) is 0 Å². The van der Waals surface area contributed by atoms with Gasteiger partial charge in [0.2, 0.25) is 5.96 Å². The molecule has 1 fully saturated rings. The van der Waals surface area contributed by atoms with Crippen LogP contribution in [-0.2, 0) is 0 Å². The van der Waals surface area contributed by atoms with Crippen LogP contribution in [0.1, 0.15) is 33.1 Å². The fourth-order valence-electron chi connectivity index (χ4n) is 1.31. The molecule has 1 rings (SSSR count). The summed E-state index contributed by atoms with van der Waals surface area (Å²) in [7, 11) is 2.03. The second kappa shape index (κ2) is 5.20. The quantitative estimate of drug-likeness (QED) is 0.306. The van der Waals surface area contributed by atoms with E-state index in [1.54, 1.807) is 0 Å². The van der Waals surface area contributed by atoms with Crippen LogP contribution in [0.5, 0.6) is 0 Å². The molecule has 1 unspecified atom stereocenters. The van der Waals surface area contributed by atoms with Gasteiger partial charge < -0.3 is 4.90 Å². The minimum absolute atomic E-state index is 0.514. The highest BCUT2D eigenvalue weighted by Crippen LogP contribution is 2.23. The fraction of sp³-hybridized carbons (Fsp3) is 0.900. The van der Waals surface area contributed by atoms with Gasteiger partial charge in [-0.15, -0.1) is 0 Å². The predicted octanol–water partition coefficient (Wildman–Crippen LogP) is 0.946. The Bertz CT molecular complexity index is 198. The highest BCUT2D eigenvalue weighted by Gasteiger charge is 2.22. The lowest BCUT2D eigenvalue weighted by Gasteiger charge is -2.23. The molecular formula is C10H22N4. The standard InChI is InChI=1S/C10H22N4/c1-4-8(2)7-14(3)10(13-11)12-9-5-6-9/h8-9H,4-7,11H2,1-3H3,(H,12,13). The molecule has 0 aromatic carbocycles. The van der Waals surface area contributed by atoms with E-state index in [-0.39, 0.29) is 0 Å². The highest BCUT2D eigenvalue weighted by atomic mass is 15.4. The molecule has 0 aromatic rings. The average molecular weight is 198 g/mol. The second-order valence-corrected chi connectivity index (χ2v) is 4.22. The third-order valence-electron chi connectivity index (χ3n) is 2.62. The molecule has 0 amide bonds. The Kier molecular flexibility index (Phi) is 4.20. The number of aliphatic imine (C=N–C) groups is 1. The van der Waals surface area contributed by atoms with Crippen molar-refractivity contribution in [3.63, 3.8) is 0 Å². The summed E-state index contributed by atoms with van der Waals surface area (Å²) in [4.78, 5) is 6.60. The monoisotopic (exact) mass is 198 g/mol. The maximum absolute atomic E-state index is 5.44. The van der Waals surface area contributed by atoms with Crippen molar-refractivity contribution >= 4 is 5.96 Å². The van der Waals surface area contributed by atoms with Crippen molar-refractivity contribution in [2.24, 2.45) is 16.8 Å². The van der Waals surface area contributed by atoms with E-state index in [1.165, 1.54) is 19.3 Å². The average Bonchev–Trinajstić information content (AvgIpc) is 2.97. The molecule has 1 aliphatic rings. The summed E-state index contributed by atoms with van der Waals surface area (Å²) >= 11 is 0. The first-order chi connectivity index (χ1) is 6.67. The summed E-state index contributed by atoms with van der Waals surface area (Å²) in [5.41, 5.74) is 2.68. The van der Waals surface area contributed by atoms with Crippen LogP contribution in [0.3, 0.4) is 0 Å². The Hall–Kier alpha value is -0.770. The zero-order chi connectivity index (χ0) is 10.6. The van der Waals surface area contributed by atoms with E-state index in [4.69, 9.17) is 5.84 Å². The molecule has 4 heteroatoms. The van der Waals surface area contributed by atoms with E-state index in [0.717, 1.165) is 12.5 Å². The van der Waals surface area contributed by atoms with Crippen LogP contribution < -0.4 is 11.3 Å². The normalized spacial score (nSPS) is 19.3. The highest BCUT2D eigenvalue weighted by molar-refractivity contribution is 5.79. The lowest BCUT2D eigenvalue weighted by molar-refractivity contribution is 0.384. The van der Waals surface area contributed by atoms with Gasteiger partial charge in [0.15, 0.2) is 0 Å². The second-order valence-electron chi connectivity index (χ2n) is 4.22. The van der Waals surface area contributed by atoms with E-state index in [1.807, 2.05) is 7.05 Å². The van der Waals surface area contributed by atoms with E-state index in [0.29, 0.717) is 12.0 Å². The maximum Gasteiger partial charge on any atom is 0.208 e. The number of nitrogens with two attached hydrogens (primary N) is 1. The van der Waals surface area contributed by atoms with Gasteiger partial charge in [-0.3, -0.25) is 5.43 Å². The topological polar surface area (TPSA) is 53.6 Å². The summed E-state index contributed by atoms with van der Waals surface area (Å²) in [5, 5.41) is 0. The number of nitrogens with one attached hydrogen (secondary N) is 1. The molecule has 0 aliphatic heterocycles. The van der Waals surface area contributed by atoms with Gasteiger partial charge in [-0.1, -0.05) is 20.3 Å². The molecule has 1 atom stereocenters. The van der Waals surface area contributed by atoms with Gasteiger partial charge in [0.05, 0.1) is 6.04 Å². The number of guanidine groups is 1. The van der Waals surface area contributed by atoms with E-state index >= 15 is 0 Å². The minimum Gasteiger partial charge on any atom is -0.345 e. The van der Waals surface area contributed by atoms with Gasteiger partial charge in [-0.25, -0.2) is 10.8 Å². The first-order valence-corrected chi connectivity index (χ1v) is 5.42. The Balaban J connectivity index is 2.42. The Morgan fingerprint density at radius 1 is 1.64 bits per heavy atom. The molecule has 0 radical (unpaired) electrons. The zero-order valence-corrected chi connectivity index (χ0v) is 9.45. The summed E-state index contributed by atoms with van der Waals surface area (Å²) < 4.78 is 0. The molecule has 1 saturated carbocycles. The van der Waals surface area contributed by atoms with Crippen molar-refractivity contribution in [3.8, 4) is 0 Å².